The van der Waals surface area contributed by atoms with E-state index in [4.69, 9.17) is 18.9 Å². The molecule has 25 heavy (non-hydrogen) atoms. The number of halogens is 1. The number of fused-ring (bicyclic) bond motifs is 1. The second-order valence-electron chi connectivity index (χ2n) is 5.74. The van der Waals surface area contributed by atoms with Gasteiger partial charge >= 0.3 is 0 Å². The van der Waals surface area contributed by atoms with Crippen molar-refractivity contribution >= 4 is 15.9 Å². The van der Waals surface area contributed by atoms with E-state index >= 15 is 0 Å². The highest BCUT2D eigenvalue weighted by molar-refractivity contribution is 9.10. The fourth-order valence-electron chi connectivity index (χ4n) is 2.67. The molecule has 0 aliphatic carbocycles. The monoisotopic (exact) mass is 407 g/mol. The van der Waals surface area contributed by atoms with E-state index in [1.54, 1.807) is 7.11 Å². The lowest BCUT2D eigenvalue weighted by molar-refractivity contribution is 0.174. The van der Waals surface area contributed by atoms with Crippen LogP contribution in [0.2, 0.25) is 0 Å². The fraction of sp³-hybridized carbons (Fsp3) is 0.368. The van der Waals surface area contributed by atoms with Gasteiger partial charge in [-0.2, -0.15) is 0 Å². The molecule has 6 heteroatoms. The molecule has 5 nitrogen and oxygen atoms in total. The van der Waals surface area contributed by atoms with Crippen LogP contribution in [0.1, 0.15) is 24.5 Å². The summed E-state index contributed by atoms with van der Waals surface area (Å²) in [4.78, 5) is 0. The predicted molar refractivity (Wildman–Crippen MR) is 99.6 cm³/mol. The molecule has 0 aromatic heterocycles. The smallest absolute Gasteiger partial charge is 0.231 e. The summed E-state index contributed by atoms with van der Waals surface area (Å²) in [6.07, 6.45) is 0.948. The van der Waals surface area contributed by atoms with E-state index in [0.717, 1.165) is 51.6 Å². The predicted octanol–water partition coefficient (Wildman–Crippen LogP) is 4.27. The van der Waals surface area contributed by atoms with Crippen molar-refractivity contribution in [3.05, 3.63) is 45.9 Å². The van der Waals surface area contributed by atoms with Crippen LogP contribution in [0.5, 0.6) is 23.0 Å². The maximum absolute atomic E-state index is 5.90. The van der Waals surface area contributed by atoms with E-state index in [2.05, 4.69) is 34.2 Å². The average molecular weight is 408 g/mol. The van der Waals surface area contributed by atoms with Crippen LogP contribution < -0.4 is 24.3 Å². The van der Waals surface area contributed by atoms with Crippen molar-refractivity contribution in [3.8, 4) is 23.0 Å². The Morgan fingerprint density at radius 1 is 1.12 bits per heavy atom. The van der Waals surface area contributed by atoms with Crippen LogP contribution in [-0.2, 0) is 13.1 Å². The van der Waals surface area contributed by atoms with Gasteiger partial charge in [0, 0.05) is 23.1 Å². The Balaban J connectivity index is 1.68. The molecule has 134 valence electrons. The van der Waals surface area contributed by atoms with Crippen LogP contribution in [0.15, 0.2) is 34.8 Å². The molecule has 0 radical (unpaired) electrons. The Morgan fingerprint density at radius 2 is 1.96 bits per heavy atom. The number of methoxy groups -OCH3 is 1. The lowest BCUT2D eigenvalue weighted by atomic mass is 10.1. The highest BCUT2D eigenvalue weighted by Gasteiger charge is 2.14. The number of hydrogen-bond donors (Lipinski definition) is 1. The fourth-order valence-corrected chi connectivity index (χ4v) is 3.15. The maximum atomic E-state index is 5.90. The third-order valence-electron chi connectivity index (χ3n) is 3.85. The third-order valence-corrected chi connectivity index (χ3v) is 4.31. The van der Waals surface area contributed by atoms with E-state index in [1.807, 2.05) is 24.3 Å². The van der Waals surface area contributed by atoms with Gasteiger partial charge in [0.05, 0.1) is 13.7 Å². The summed E-state index contributed by atoms with van der Waals surface area (Å²) >= 11 is 3.53. The minimum atomic E-state index is 0.294. The molecule has 2 aromatic carbocycles. The van der Waals surface area contributed by atoms with Crippen LogP contribution in [0.25, 0.3) is 0 Å². The van der Waals surface area contributed by atoms with Crippen LogP contribution in [0.3, 0.4) is 0 Å². The van der Waals surface area contributed by atoms with E-state index in [-0.39, 0.29) is 0 Å². The van der Waals surface area contributed by atoms with Gasteiger partial charge < -0.3 is 24.3 Å². The van der Waals surface area contributed by atoms with Gasteiger partial charge in [-0.25, -0.2) is 0 Å². The zero-order chi connectivity index (χ0) is 17.6. The molecule has 0 saturated carbocycles. The molecule has 0 amide bonds. The highest BCUT2D eigenvalue weighted by atomic mass is 79.9. The van der Waals surface area contributed by atoms with E-state index in [0.29, 0.717) is 19.9 Å². The highest BCUT2D eigenvalue weighted by Crippen LogP contribution is 2.35. The Labute approximate surface area is 156 Å². The quantitative estimate of drug-likeness (QED) is 0.707. The lowest BCUT2D eigenvalue weighted by Gasteiger charge is -2.16. The lowest BCUT2D eigenvalue weighted by Crippen LogP contribution is -2.14. The molecule has 0 spiro atoms. The first-order chi connectivity index (χ1) is 12.2. The van der Waals surface area contributed by atoms with Gasteiger partial charge in [0.2, 0.25) is 6.79 Å². The Bertz CT molecular complexity index is 736. The van der Waals surface area contributed by atoms with Crippen molar-refractivity contribution < 1.29 is 18.9 Å². The molecule has 0 atom stereocenters. The molecule has 2 aromatic rings. The zero-order valence-electron chi connectivity index (χ0n) is 14.4. The van der Waals surface area contributed by atoms with E-state index in [1.165, 1.54) is 0 Å². The summed E-state index contributed by atoms with van der Waals surface area (Å²) in [5, 5.41) is 3.45. The Morgan fingerprint density at radius 3 is 2.76 bits per heavy atom. The number of benzene rings is 2. The standard InChI is InChI=1S/C19H22BrNO4/c1-3-6-23-19-14(8-15(20)9-18(19)22-2)11-21-10-13-4-5-16-17(7-13)25-12-24-16/h4-5,7-9,21H,3,6,10-12H2,1-2H3. The molecular formula is C19H22BrNO4. The summed E-state index contributed by atoms with van der Waals surface area (Å²) in [5.74, 6) is 3.14. The van der Waals surface area contributed by atoms with Crippen molar-refractivity contribution in [2.75, 3.05) is 20.5 Å². The van der Waals surface area contributed by atoms with Gasteiger partial charge in [0.1, 0.15) is 0 Å². The van der Waals surface area contributed by atoms with Crippen LogP contribution in [0.4, 0.5) is 0 Å². The van der Waals surface area contributed by atoms with E-state index < -0.39 is 0 Å². The Hall–Kier alpha value is -1.92. The number of ether oxygens (including phenoxy) is 4. The number of nitrogens with one attached hydrogen (secondary N) is 1. The molecule has 1 aliphatic rings. The van der Waals surface area contributed by atoms with Gasteiger partial charge in [-0.15, -0.1) is 0 Å². The van der Waals surface area contributed by atoms with Gasteiger partial charge in [-0.3, -0.25) is 0 Å². The zero-order valence-corrected chi connectivity index (χ0v) is 16.0. The first kappa shape index (κ1) is 17.9. The second-order valence-corrected chi connectivity index (χ2v) is 6.65. The van der Waals surface area contributed by atoms with Crippen LogP contribution in [0, 0.1) is 0 Å². The topological polar surface area (TPSA) is 49.0 Å². The summed E-state index contributed by atoms with van der Waals surface area (Å²) in [6.45, 7) is 4.43. The molecule has 0 fully saturated rings. The molecular weight excluding hydrogens is 386 g/mol. The van der Waals surface area contributed by atoms with Crippen molar-refractivity contribution in [2.24, 2.45) is 0 Å². The maximum Gasteiger partial charge on any atom is 0.231 e. The summed E-state index contributed by atoms with van der Waals surface area (Å²) in [6, 6.07) is 9.96. The first-order valence-electron chi connectivity index (χ1n) is 8.29. The second kappa shape index (κ2) is 8.45. The van der Waals surface area contributed by atoms with Gasteiger partial charge in [-0.1, -0.05) is 28.9 Å². The van der Waals surface area contributed by atoms with Crippen molar-refractivity contribution in [1.82, 2.24) is 5.32 Å². The molecule has 1 N–H and O–H groups in total. The molecule has 1 aliphatic heterocycles. The number of hydrogen-bond acceptors (Lipinski definition) is 5. The summed E-state index contributed by atoms with van der Waals surface area (Å²) in [7, 11) is 1.66. The van der Waals surface area contributed by atoms with Crippen molar-refractivity contribution in [2.45, 2.75) is 26.4 Å². The van der Waals surface area contributed by atoms with E-state index in [9.17, 15) is 0 Å². The van der Waals surface area contributed by atoms with Crippen molar-refractivity contribution in [1.29, 1.82) is 0 Å². The van der Waals surface area contributed by atoms with Gasteiger partial charge in [0.15, 0.2) is 23.0 Å². The summed E-state index contributed by atoms with van der Waals surface area (Å²) < 4.78 is 23.1. The molecule has 0 unspecified atom stereocenters. The summed E-state index contributed by atoms with van der Waals surface area (Å²) in [5.41, 5.74) is 2.20. The number of rotatable bonds is 8. The third kappa shape index (κ3) is 4.38. The van der Waals surface area contributed by atoms with Gasteiger partial charge in [0.25, 0.3) is 0 Å². The average Bonchev–Trinajstić information content (AvgIpc) is 3.08. The van der Waals surface area contributed by atoms with Crippen LogP contribution in [-0.4, -0.2) is 20.5 Å². The van der Waals surface area contributed by atoms with Gasteiger partial charge in [-0.05, 0) is 36.2 Å². The SMILES string of the molecule is CCCOc1c(CNCc2ccc3c(c2)OCO3)cc(Br)cc1OC. The first-order valence-corrected chi connectivity index (χ1v) is 9.09. The molecule has 0 bridgehead atoms. The minimum Gasteiger partial charge on any atom is -0.493 e. The largest absolute Gasteiger partial charge is 0.493 e. The molecule has 3 rings (SSSR count). The Kier molecular flexibility index (Phi) is 6.04. The van der Waals surface area contributed by atoms with Crippen molar-refractivity contribution in [3.63, 3.8) is 0 Å². The minimum absolute atomic E-state index is 0.294. The molecule has 0 saturated heterocycles. The van der Waals surface area contributed by atoms with Crippen LogP contribution >= 0.6 is 15.9 Å². The normalized spacial score (nSPS) is 12.3. The molecule has 1 heterocycles.